The van der Waals surface area contributed by atoms with E-state index in [1.807, 2.05) is 36.4 Å². The summed E-state index contributed by atoms with van der Waals surface area (Å²) in [5.74, 6) is 5.76. The number of anilines is 1. The highest BCUT2D eigenvalue weighted by Crippen LogP contribution is 2.25. The van der Waals surface area contributed by atoms with Crippen molar-refractivity contribution < 1.29 is 9.90 Å². The van der Waals surface area contributed by atoms with Crippen LogP contribution < -0.4 is 5.73 Å². The Morgan fingerprint density at radius 1 is 1.26 bits per heavy atom. The van der Waals surface area contributed by atoms with Crippen LogP contribution >= 0.6 is 0 Å². The Balaban J connectivity index is 1.69. The lowest BCUT2D eigenvalue weighted by atomic mass is 10.0. The number of nitrogens with two attached hydrogens (primary N) is 1. The highest BCUT2D eigenvalue weighted by molar-refractivity contribution is 5.92. The van der Waals surface area contributed by atoms with Gasteiger partial charge in [-0.2, -0.15) is 0 Å². The van der Waals surface area contributed by atoms with Gasteiger partial charge in [-0.1, -0.05) is 24.0 Å². The SMILES string of the molecule is CN1CC[C@@](O)(C#Cc2cccc(-c3cc4c(N)nccc4cn3)c2)C1=O. The summed E-state index contributed by atoms with van der Waals surface area (Å²) in [5.41, 5.74) is 6.68. The number of amides is 1. The van der Waals surface area contributed by atoms with Gasteiger partial charge in [0.15, 0.2) is 0 Å². The van der Waals surface area contributed by atoms with E-state index in [9.17, 15) is 9.90 Å². The second kappa shape index (κ2) is 6.38. The minimum atomic E-state index is -1.61. The van der Waals surface area contributed by atoms with E-state index in [-0.39, 0.29) is 5.91 Å². The fourth-order valence-corrected chi connectivity index (χ4v) is 3.15. The number of carbonyl (C=O) groups is 1. The number of nitrogen functional groups attached to an aromatic ring is 1. The van der Waals surface area contributed by atoms with Gasteiger partial charge in [-0.05, 0) is 24.3 Å². The third kappa shape index (κ3) is 3.09. The fraction of sp³-hybridized carbons (Fsp3) is 0.190. The molecule has 0 saturated carbocycles. The summed E-state index contributed by atoms with van der Waals surface area (Å²) < 4.78 is 0. The van der Waals surface area contributed by atoms with Gasteiger partial charge in [0.1, 0.15) is 5.82 Å². The Bertz CT molecular complexity index is 1120. The highest BCUT2D eigenvalue weighted by Gasteiger charge is 2.42. The van der Waals surface area contributed by atoms with Gasteiger partial charge in [0.25, 0.3) is 5.91 Å². The normalized spacial score (nSPS) is 19.2. The van der Waals surface area contributed by atoms with Crippen molar-refractivity contribution in [1.29, 1.82) is 0 Å². The molecule has 1 aliphatic rings. The van der Waals surface area contributed by atoms with Gasteiger partial charge < -0.3 is 15.7 Å². The predicted molar refractivity (Wildman–Crippen MR) is 103 cm³/mol. The van der Waals surface area contributed by atoms with Crippen molar-refractivity contribution in [3.63, 3.8) is 0 Å². The third-order valence-electron chi connectivity index (χ3n) is 4.76. The van der Waals surface area contributed by atoms with E-state index in [0.29, 0.717) is 24.3 Å². The summed E-state index contributed by atoms with van der Waals surface area (Å²) in [6.07, 6.45) is 3.73. The van der Waals surface area contributed by atoms with E-state index in [1.165, 1.54) is 4.90 Å². The molecule has 3 aromatic rings. The maximum atomic E-state index is 12.0. The highest BCUT2D eigenvalue weighted by atomic mass is 16.3. The number of benzene rings is 1. The fourth-order valence-electron chi connectivity index (χ4n) is 3.15. The predicted octanol–water partition coefficient (Wildman–Crippen LogP) is 1.82. The molecule has 1 amide bonds. The van der Waals surface area contributed by atoms with Gasteiger partial charge in [0, 0.05) is 54.3 Å². The Kier molecular flexibility index (Phi) is 4.02. The van der Waals surface area contributed by atoms with Crippen LogP contribution in [-0.4, -0.2) is 45.1 Å². The number of hydrogen-bond donors (Lipinski definition) is 2. The molecule has 1 atom stereocenters. The first kappa shape index (κ1) is 17.0. The van der Waals surface area contributed by atoms with Crippen LogP contribution in [0.15, 0.2) is 48.8 Å². The molecule has 6 heteroatoms. The summed E-state index contributed by atoms with van der Waals surface area (Å²) >= 11 is 0. The molecule has 3 N–H and O–H groups in total. The molecule has 0 unspecified atom stereocenters. The van der Waals surface area contributed by atoms with Gasteiger partial charge in [0.2, 0.25) is 5.60 Å². The van der Waals surface area contributed by atoms with E-state index in [2.05, 4.69) is 21.8 Å². The Morgan fingerprint density at radius 3 is 2.89 bits per heavy atom. The van der Waals surface area contributed by atoms with Crippen molar-refractivity contribution in [1.82, 2.24) is 14.9 Å². The smallest absolute Gasteiger partial charge is 0.267 e. The van der Waals surface area contributed by atoms with Crippen LogP contribution in [0, 0.1) is 11.8 Å². The molecule has 1 aromatic carbocycles. The lowest BCUT2D eigenvalue weighted by molar-refractivity contribution is -0.137. The number of fused-ring (bicyclic) bond motifs is 1. The number of carbonyl (C=O) groups excluding carboxylic acids is 1. The first-order valence-corrected chi connectivity index (χ1v) is 8.58. The van der Waals surface area contributed by atoms with E-state index in [1.54, 1.807) is 19.4 Å². The van der Waals surface area contributed by atoms with Crippen molar-refractivity contribution in [2.45, 2.75) is 12.0 Å². The molecule has 2 aromatic heterocycles. The number of likely N-dealkylation sites (N-methyl/N-ethyl adjacent to an activating group) is 1. The summed E-state index contributed by atoms with van der Waals surface area (Å²) in [6, 6.07) is 11.3. The standard InChI is InChI=1S/C21H18N4O2/c1-25-10-8-21(27,20(25)26)7-5-14-3-2-4-15(11-14)18-12-17-16(13-24-18)6-9-23-19(17)22/h2-4,6,9,11-13,27H,8,10H2,1H3,(H2,22,23)/t21-/m0/s1. The molecule has 1 aliphatic heterocycles. The second-order valence-electron chi connectivity index (χ2n) is 6.65. The Morgan fingerprint density at radius 2 is 2.11 bits per heavy atom. The van der Waals surface area contributed by atoms with Crippen LogP contribution in [0.3, 0.4) is 0 Å². The van der Waals surface area contributed by atoms with Crippen LogP contribution in [0.25, 0.3) is 22.0 Å². The summed E-state index contributed by atoms with van der Waals surface area (Å²) in [7, 11) is 1.66. The molecule has 0 bridgehead atoms. The van der Waals surface area contributed by atoms with Crippen LogP contribution in [-0.2, 0) is 4.79 Å². The van der Waals surface area contributed by atoms with Gasteiger partial charge in [0.05, 0.1) is 5.69 Å². The summed E-state index contributed by atoms with van der Waals surface area (Å²) in [5, 5.41) is 12.2. The number of aliphatic hydroxyl groups is 1. The Labute approximate surface area is 156 Å². The van der Waals surface area contributed by atoms with Crippen molar-refractivity contribution >= 4 is 22.5 Å². The number of nitrogens with zero attached hydrogens (tertiary/aromatic N) is 3. The molecule has 6 nitrogen and oxygen atoms in total. The van der Waals surface area contributed by atoms with Crippen LogP contribution in [0.1, 0.15) is 12.0 Å². The molecule has 3 heterocycles. The first-order valence-electron chi connectivity index (χ1n) is 8.58. The molecule has 1 fully saturated rings. The number of pyridine rings is 2. The molecule has 134 valence electrons. The maximum absolute atomic E-state index is 12.0. The molecule has 0 spiro atoms. The van der Waals surface area contributed by atoms with Crippen LogP contribution in [0.5, 0.6) is 0 Å². The van der Waals surface area contributed by atoms with E-state index in [0.717, 1.165) is 22.0 Å². The average molecular weight is 358 g/mol. The summed E-state index contributed by atoms with van der Waals surface area (Å²) in [4.78, 5) is 22.1. The van der Waals surface area contributed by atoms with Crippen molar-refractivity contribution in [3.05, 3.63) is 54.4 Å². The van der Waals surface area contributed by atoms with Crippen molar-refractivity contribution in [2.24, 2.45) is 0 Å². The molecule has 27 heavy (non-hydrogen) atoms. The van der Waals surface area contributed by atoms with E-state index < -0.39 is 5.60 Å². The lowest BCUT2D eigenvalue weighted by Crippen LogP contribution is -2.37. The second-order valence-corrected chi connectivity index (χ2v) is 6.65. The number of aromatic nitrogens is 2. The molecule has 0 radical (unpaired) electrons. The van der Waals surface area contributed by atoms with Crippen molar-refractivity contribution in [2.75, 3.05) is 19.3 Å². The van der Waals surface area contributed by atoms with E-state index in [4.69, 9.17) is 5.73 Å². The molecular formula is C21H18N4O2. The lowest BCUT2D eigenvalue weighted by Gasteiger charge is -2.13. The maximum Gasteiger partial charge on any atom is 0.267 e. The largest absolute Gasteiger partial charge is 0.383 e. The van der Waals surface area contributed by atoms with E-state index >= 15 is 0 Å². The van der Waals surface area contributed by atoms with Crippen molar-refractivity contribution in [3.8, 4) is 23.1 Å². The molecule has 1 saturated heterocycles. The average Bonchev–Trinajstić information content (AvgIpc) is 2.95. The van der Waals surface area contributed by atoms with Gasteiger partial charge >= 0.3 is 0 Å². The quantitative estimate of drug-likeness (QED) is 0.648. The molecule has 4 rings (SSSR count). The summed E-state index contributed by atoms with van der Waals surface area (Å²) in [6.45, 7) is 0.501. The monoisotopic (exact) mass is 358 g/mol. The minimum Gasteiger partial charge on any atom is -0.383 e. The number of likely N-dealkylation sites (tertiary alicyclic amines) is 1. The topological polar surface area (TPSA) is 92.3 Å². The van der Waals surface area contributed by atoms with Gasteiger partial charge in [-0.3, -0.25) is 9.78 Å². The zero-order valence-electron chi connectivity index (χ0n) is 14.8. The first-order chi connectivity index (χ1) is 13.0. The van der Waals surface area contributed by atoms with Crippen LogP contribution in [0.2, 0.25) is 0 Å². The van der Waals surface area contributed by atoms with Gasteiger partial charge in [-0.15, -0.1) is 0 Å². The zero-order chi connectivity index (χ0) is 19.0. The number of rotatable bonds is 1. The Hall–Kier alpha value is -3.43. The zero-order valence-corrected chi connectivity index (χ0v) is 14.8. The minimum absolute atomic E-state index is 0.313. The third-order valence-corrected chi connectivity index (χ3v) is 4.76. The molecule has 0 aliphatic carbocycles. The van der Waals surface area contributed by atoms with Crippen LogP contribution in [0.4, 0.5) is 5.82 Å². The van der Waals surface area contributed by atoms with Gasteiger partial charge in [-0.25, -0.2) is 4.98 Å². The molecular weight excluding hydrogens is 340 g/mol. The number of hydrogen-bond acceptors (Lipinski definition) is 5.